The van der Waals surface area contributed by atoms with E-state index < -0.39 is 0 Å². The largest absolute Gasteiger partial charge is 0.368 e. The summed E-state index contributed by atoms with van der Waals surface area (Å²) in [6.45, 7) is 4.13. The molecule has 0 radical (unpaired) electrons. The Hall–Kier alpha value is -1.26. The lowest BCUT2D eigenvalue weighted by atomic mass is 10.2. The molecule has 88 valence electrons. The van der Waals surface area contributed by atoms with Gasteiger partial charge in [-0.05, 0) is 25.5 Å². The Kier molecular flexibility index (Phi) is 3.54. The first-order valence-corrected chi connectivity index (χ1v) is 6.29. The third-order valence-corrected chi connectivity index (χ3v) is 3.84. The average molecular weight is 266 g/mol. The highest BCUT2D eigenvalue weighted by molar-refractivity contribution is 7.99. The number of halogens is 1. The molecule has 2 rings (SSSR count). The molecule has 1 aromatic carbocycles. The van der Waals surface area contributed by atoms with Crippen LogP contribution in [0.15, 0.2) is 34.3 Å². The third-order valence-electron chi connectivity index (χ3n) is 2.27. The molecule has 0 saturated carbocycles. The van der Waals surface area contributed by atoms with Crippen molar-refractivity contribution in [3.8, 4) is 0 Å². The number of aromatic nitrogens is 2. The van der Waals surface area contributed by atoms with Crippen molar-refractivity contribution in [2.45, 2.75) is 23.8 Å². The van der Waals surface area contributed by atoms with Gasteiger partial charge in [-0.3, -0.25) is 0 Å². The highest BCUT2D eigenvalue weighted by Crippen LogP contribution is 2.33. The standard InChI is InChI=1S/C12H12ClN3S/c1-7-3-4-10(8(2)5-7)17-11-9(13)6-15-12(14)16-11/h3-6H,1-2H3,(H2,14,15,16). The quantitative estimate of drug-likeness (QED) is 0.845. The number of hydrogen-bond donors (Lipinski definition) is 1. The maximum atomic E-state index is 6.03. The fraction of sp³-hybridized carbons (Fsp3) is 0.167. The summed E-state index contributed by atoms with van der Waals surface area (Å²) in [7, 11) is 0. The minimum Gasteiger partial charge on any atom is -0.368 e. The van der Waals surface area contributed by atoms with Gasteiger partial charge in [0, 0.05) is 4.90 Å². The van der Waals surface area contributed by atoms with Crippen LogP contribution in [0.2, 0.25) is 5.02 Å². The molecule has 3 nitrogen and oxygen atoms in total. The smallest absolute Gasteiger partial charge is 0.221 e. The normalized spacial score (nSPS) is 10.5. The fourth-order valence-corrected chi connectivity index (χ4v) is 2.51. The van der Waals surface area contributed by atoms with Crippen molar-refractivity contribution in [2.75, 3.05) is 5.73 Å². The van der Waals surface area contributed by atoms with E-state index in [1.54, 1.807) is 0 Å². The number of rotatable bonds is 2. The molecule has 0 aliphatic carbocycles. The molecule has 0 aliphatic heterocycles. The molecule has 0 bridgehead atoms. The Balaban J connectivity index is 2.34. The average Bonchev–Trinajstić information content (AvgIpc) is 2.27. The SMILES string of the molecule is Cc1ccc(Sc2nc(N)ncc2Cl)c(C)c1. The highest BCUT2D eigenvalue weighted by Gasteiger charge is 2.08. The molecule has 2 aromatic rings. The summed E-state index contributed by atoms with van der Waals surface area (Å²) in [6, 6.07) is 6.25. The molecule has 0 atom stereocenters. The predicted octanol–water partition coefficient (Wildman–Crippen LogP) is 3.48. The second-order valence-electron chi connectivity index (χ2n) is 3.75. The third kappa shape index (κ3) is 2.90. The van der Waals surface area contributed by atoms with Gasteiger partial charge in [0.1, 0.15) is 5.03 Å². The van der Waals surface area contributed by atoms with Crippen LogP contribution in [0.25, 0.3) is 0 Å². The van der Waals surface area contributed by atoms with Crippen molar-refractivity contribution in [3.63, 3.8) is 0 Å². The first kappa shape index (κ1) is 12.2. The van der Waals surface area contributed by atoms with Crippen molar-refractivity contribution in [3.05, 3.63) is 40.5 Å². The van der Waals surface area contributed by atoms with Gasteiger partial charge < -0.3 is 5.73 Å². The second-order valence-corrected chi connectivity index (χ2v) is 5.19. The molecule has 0 fully saturated rings. The minimum absolute atomic E-state index is 0.238. The molecule has 1 heterocycles. The maximum Gasteiger partial charge on any atom is 0.221 e. The Bertz CT molecular complexity index is 557. The van der Waals surface area contributed by atoms with Crippen LogP contribution in [0.3, 0.4) is 0 Å². The Morgan fingerprint density at radius 3 is 2.76 bits per heavy atom. The zero-order valence-electron chi connectivity index (χ0n) is 9.57. The second kappa shape index (κ2) is 4.94. The predicted molar refractivity (Wildman–Crippen MR) is 71.5 cm³/mol. The van der Waals surface area contributed by atoms with Crippen molar-refractivity contribution in [1.29, 1.82) is 0 Å². The molecular formula is C12H12ClN3S. The van der Waals surface area contributed by atoms with E-state index in [1.807, 2.05) is 0 Å². The van der Waals surface area contributed by atoms with Crippen LogP contribution < -0.4 is 5.73 Å². The number of nitrogens with two attached hydrogens (primary N) is 1. The number of nitrogen functional groups attached to an aromatic ring is 1. The lowest BCUT2D eigenvalue weighted by Gasteiger charge is -2.07. The summed E-state index contributed by atoms with van der Waals surface area (Å²) in [5, 5.41) is 1.20. The zero-order chi connectivity index (χ0) is 12.4. The molecule has 0 spiro atoms. The van der Waals surface area contributed by atoms with E-state index in [4.69, 9.17) is 17.3 Å². The Morgan fingerprint density at radius 2 is 2.06 bits per heavy atom. The summed E-state index contributed by atoms with van der Waals surface area (Å²) in [4.78, 5) is 9.09. The van der Waals surface area contributed by atoms with Gasteiger partial charge in [-0.1, -0.05) is 41.1 Å². The van der Waals surface area contributed by atoms with Crippen LogP contribution in [-0.2, 0) is 0 Å². The van der Waals surface area contributed by atoms with Gasteiger partial charge in [0.05, 0.1) is 11.2 Å². The van der Waals surface area contributed by atoms with E-state index in [0.717, 1.165) is 4.90 Å². The van der Waals surface area contributed by atoms with Gasteiger partial charge in [-0.25, -0.2) is 9.97 Å². The first-order chi connectivity index (χ1) is 8.06. The van der Waals surface area contributed by atoms with Crippen molar-refractivity contribution in [2.24, 2.45) is 0 Å². The number of aryl methyl sites for hydroxylation is 2. The molecule has 2 N–H and O–H groups in total. The van der Waals surface area contributed by atoms with E-state index in [-0.39, 0.29) is 5.95 Å². The van der Waals surface area contributed by atoms with Gasteiger partial charge in [0.2, 0.25) is 5.95 Å². The van der Waals surface area contributed by atoms with Crippen molar-refractivity contribution >= 4 is 29.3 Å². The fourth-order valence-electron chi connectivity index (χ4n) is 1.45. The van der Waals surface area contributed by atoms with Crippen LogP contribution in [-0.4, -0.2) is 9.97 Å². The van der Waals surface area contributed by atoms with Crippen molar-refractivity contribution in [1.82, 2.24) is 9.97 Å². The number of nitrogens with zero attached hydrogens (tertiary/aromatic N) is 2. The van der Waals surface area contributed by atoms with Gasteiger partial charge in [0.25, 0.3) is 0 Å². The van der Waals surface area contributed by atoms with Crippen molar-refractivity contribution < 1.29 is 0 Å². The Labute approximate surface area is 109 Å². The summed E-state index contributed by atoms with van der Waals surface area (Å²) < 4.78 is 0. The number of hydrogen-bond acceptors (Lipinski definition) is 4. The summed E-state index contributed by atoms with van der Waals surface area (Å²) in [5.41, 5.74) is 7.98. The molecule has 5 heteroatoms. The summed E-state index contributed by atoms with van der Waals surface area (Å²) in [6.07, 6.45) is 1.52. The molecule has 0 saturated heterocycles. The van der Waals surface area contributed by atoms with Crippen LogP contribution in [0, 0.1) is 13.8 Å². The van der Waals surface area contributed by atoms with E-state index in [2.05, 4.69) is 42.0 Å². The summed E-state index contributed by atoms with van der Waals surface area (Å²) in [5.74, 6) is 0.238. The maximum absolute atomic E-state index is 6.03. The molecule has 17 heavy (non-hydrogen) atoms. The monoisotopic (exact) mass is 265 g/mol. The van der Waals surface area contributed by atoms with Crippen LogP contribution >= 0.6 is 23.4 Å². The van der Waals surface area contributed by atoms with Crippen LogP contribution in [0.1, 0.15) is 11.1 Å². The number of anilines is 1. The van der Waals surface area contributed by atoms with Crippen LogP contribution in [0.4, 0.5) is 5.95 Å². The molecule has 0 amide bonds. The van der Waals surface area contributed by atoms with E-state index in [1.165, 1.54) is 29.1 Å². The number of benzene rings is 1. The lowest BCUT2D eigenvalue weighted by Crippen LogP contribution is -1.95. The lowest BCUT2D eigenvalue weighted by molar-refractivity contribution is 1.06. The van der Waals surface area contributed by atoms with Crippen LogP contribution in [0.5, 0.6) is 0 Å². The summed E-state index contributed by atoms with van der Waals surface area (Å²) >= 11 is 7.53. The van der Waals surface area contributed by atoms with Gasteiger partial charge in [-0.2, -0.15) is 0 Å². The van der Waals surface area contributed by atoms with E-state index >= 15 is 0 Å². The minimum atomic E-state index is 0.238. The first-order valence-electron chi connectivity index (χ1n) is 5.09. The zero-order valence-corrected chi connectivity index (χ0v) is 11.1. The topological polar surface area (TPSA) is 51.8 Å². The van der Waals surface area contributed by atoms with Gasteiger partial charge >= 0.3 is 0 Å². The molecule has 0 aliphatic rings. The molecular weight excluding hydrogens is 254 g/mol. The van der Waals surface area contributed by atoms with E-state index in [0.29, 0.717) is 10.0 Å². The van der Waals surface area contributed by atoms with E-state index in [9.17, 15) is 0 Å². The molecule has 1 aromatic heterocycles. The van der Waals surface area contributed by atoms with Gasteiger partial charge in [0.15, 0.2) is 0 Å². The van der Waals surface area contributed by atoms with Gasteiger partial charge in [-0.15, -0.1) is 0 Å². The molecule has 0 unspecified atom stereocenters. The highest BCUT2D eigenvalue weighted by atomic mass is 35.5. The Morgan fingerprint density at radius 1 is 1.29 bits per heavy atom.